The summed E-state index contributed by atoms with van der Waals surface area (Å²) in [6.07, 6.45) is 0. The van der Waals surface area contributed by atoms with Crippen LogP contribution in [0, 0.1) is 0 Å². The Morgan fingerprint density at radius 1 is 0.778 bits per heavy atom. The Morgan fingerprint density at radius 3 is 1.83 bits per heavy atom. The number of anilines is 2. The third-order valence-corrected chi connectivity index (χ3v) is 7.67. The Labute approximate surface area is 210 Å². The van der Waals surface area contributed by atoms with Crippen molar-refractivity contribution in [2.75, 3.05) is 29.7 Å². The standard InChI is InChI=1S/C24H27N3O7S2/c1-4-25-24(28)22-16-21(14-15-23(22)33-3)36(31,32)27-18-8-12-20(13-9-18)35(29,30)26-17-6-10-19(11-7-17)34-5-2/h6-16,26-27H,4-5H2,1-3H3,(H,25,28). The van der Waals surface area contributed by atoms with Crippen molar-refractivity contribution in [2.24, 2.45) is 0 Å². The topological polar surface area (TPSA) is 140 Å². The molecule has 0 atom stereocenters. The Bertz CT molecular complexity index is 1420. The molecule has 36 heavy (non-hydrogen) atoms. The molecule has 0 bridgehead atoms. The molecule has 0 fully saturated rings. The lowest BCUT2D eigenvalue weighted by Gasteiger charge is -2.13. The second-order valence-corrected chi connectivity index (χ2v) is 10.8. The van der Waals surface area contributed by atoms with Gasteiger partial charge in [0.25, 0.3) is 26.0 Å². The summed E-state index contributed by atoms with van der Waals surface area (Å²) < 4.78 is 66.6. The molecule has 0 saturated heterocycles. The SMILES string of the molecule is CCNC(=O)c1cc(S(=O)(=O)Nc2ccc(S(=O)(=O)Nc3ccc(OCC)cc3)cc2)ccc1OC. The lowest BCUT2D eigenvalue weighted by molar-refractivity contribution is 0.0952. The van der Waals surface area contributed by atoms with Gasteiger partial charge >= 0.3 is 0 Å². The monoisotopic (exact) mass is 533 g/mol. The Kier molecular flexibility index (Phi) is 8.43. The van der Waals surface area contributed by atoms with Crippen LogP contribution in [0.1, 0.15) is 24.2 Å². The average molecular weight is 534 g/mol. The number of methoxy groups -OCH3 is 1. The highest BCUT2D eigenvalue weighted by atomic mass is 32.2. The van der Waals surface area contributed by atoms with Gasteiger partial charge in [0.05, 0.1) is 29.1 Å². The summed E-state index contributed by atoms with van der Waals surface area (Å²) in [5.41, 5.74) is 0.570. The highest BCUT2D eigenvalue weighted by Crippen LogP contribution is 2.25. The number of amides is 1. The summed E-state index contributed by atoms with van der Waals surface area (Å²) in [6.45, 7) is 4.44. The fraction of sp³-hybridized carbons (Fsp3) is 0.208. The van der Waals surface area contributed by atoms with E-state index < -0.39 is 26.0 Å². The first-order chi connectivity index (χ1) is 17.1. The van der Waals surface area contributed by atoms with Gasteiger partial charge in [-0.05, 0) is 80.6 Å². The summed E-state index contributed by atoms with van der Waals surface area (Å²) in [7, 11) is -6.60. The van der Waals surface area contributed by atoms with Crippen LogP contribution in [0.3, 0.4) is 0 Å². The second kappa shape index (κ2) is 11.3. The highest BCUT2D eigenvalue weighted by molar-refractivity contribution is 7.93. The molecule has 1 amide bonds. The number of nitrogens with one attached hydrogen (secondary N) is 3. The number of rotatable bonds is 11. The number of carbonyl (C=O) groups is 1. The van der Waals surface area contributed by atoms with Gasteiger partial charge in [-0.1, -0.05) is 0 Å². The molecule has 0 heterocycles. The van der Waals surface area contributed by atoms with Crippen molar-refractivity contribution >= 4 is 37.3 Å². The molecule has 0 aliphatic carbocycles. The normalized spacial score (nSPS) is 11.4. The van der Waals surface area contributed by atoms with Gasteiger partial charge in [-0.25, -0.2) is 16.8 Å². The Morgan fingerprint density at radius 2 is 1.31 bits per heavy atom. The lowest BCUT2D eigenvalue weighted by atomic mass is 10.2. The highest BCUT2D eigenvalue weighted by Gasteiger charge is 2.21. The zero-order valence-corrected chi connectivity index (χ0v) is 21.6. The summed E-state index contributed by atoms with van der Waals surface area (Å²) in [5.74, 6) is 0.377. The number of sulfonamides is 2. The van der Waals surface area contributed by atoms with Crippen LogP contribution in [0.4, 0.5) is 11.4 Å². The van der Waals surface area contributed by atoms with Gasteiger partial charge in [0, 0.05) is 17.9 Å². The predicted molar refractivity (Wildman–Crippen MR) is 137 cm³/mol. The molecule has 0 aliphatic rings. The van der Waals surface area contributed by atoms with Gasteiger partial charge in [0.2, 0.25) is 0 Å². The number of hydrogen-bond donors (Lipinski definition) is 3. The Hall–Kier alpha value is -3.77. The maximum atomic E-state index is 12.9. The fourth-order valence-corrected chi connectivity index (χ4v) is 5.35. The summed E-state index contributed by atoms with van der Waals surface area (Å²) in [4.78, 5) is 12.1. The summed E-state index contributed by atoms with van der Waals surface area (Å²) >= 11 is 0. The van der Waals surface area contributed by atoms with E-state index in [2.05, 4.69) is 14.8 Å². The average Bonchev–Trinajstić information content (AvgIpc) is 2.85. The fourth-order valence-electron chi connectivity index (χ4n) is 3.20. The first-order valence-corrected chi connectivity index (χ1v) is 13.9. The third kappa shape index (κ3) is 6.46. The summed E-state index contributed by atoms with van der Waals surface area (Å²) in [5, 5.41) is 2.61. The van der Waals surface area contributed by atoms with Gasteiger partial charge in [-0.15, -0.1) is 0 Å². The molecular formula is C24H27N3O7S2. The van der Waals surface area contributed by atoms with E-state index in [-0.39, 0.29) is 26.8 Å². The minimum absolute atomic E-state index is 0.0534. The van der Waals surface area contributed by atoms with Crippen molar-refractivity contribution in [3.05, 3.63) is 72.3 Å². The van der Waals surface area contributed by atoms with Crippen LogP contribution in [0.25, 0.3) is 0 Å². The van der Waals surface area contributed by atoms with E-state index in [4.69, 9.17) is 9.47 Å². The molecule has 0 unspecified atom stereocenters. The maximum absolute atomic E-state index is 12.9. The molecule has 3 N–H and O–H groups in total. The molecule has 3 aromatic carbocycles. The minimum Gasteiger partial charge on any atom is -0.496 e. The van der Waals surface area contributed by atoms with Crippen molar-refractivity contribution in [2.45, 2.75) is 23.6 Å². The molecule has 12 heteroatoms. The van der Waals surface area contributed by atoms with E-state index in [1.165, 1.54) is 49.6 Å². The van der Waals surface area contributed by atoms with Crippen molar-refractivity contribution in [1.82, 2.24) is 5.32 Å². The van der Waals surface area contributed by atoms with Crippen LogP contribution < -0.4 is 24.2 Å². The number of ether oxygens (including phenoxy) is 2. The Balaban J connectivity index is 1.77. The summed E-state index contributed by atoms with van der Waals surface area (Å²) in [6, 6.07) is 15.6. The van der Waals surface area contributed by atoms with Crippen LogP contribution in [-0.2, 0) is 20.0 Å². The van der Waals surface area contributed by atoms with Gasteiger partial charge in [0.1, 0.15) is 11.5 Å². The largest absolute Gasteiger partial charge is 0.496 e. The lowest BCUT2D eigenvalue weighted by Crippen LogP contribution is -2.24. The van der Waals surface area contributed by atoms with Crippen LogP contribution in [0.15, 0.2) is 76.5 Å². The van der Waals surface area contributed by atoms with Crippen molar-refractivity contribution in [3.8, 4) is 11.5 Å². The second-order valence-electron chi connectivity index (χ2n) is 7.41. The van der Waals surface area contributed by atoms with Crippen LogP contribution in [-0.4, -0.2) is 43.0 Å². The molecule has 0 radical (unpaired) electrons. The minimum atomic E-state index is -4.08. The predicted octanol–water partition coefficient (Wildman–Crippen LogP) is 3.45. The molecule has 3 rings (SSSR count). The smallest absolute Gasteiger partial charge is 0.261 e. The van der Waals surface area contributed by atoms with E-state index in [0.717, 1.165) is 0 Å². The van der Waals surface area contributed by atoms with Crippen LogP contribution in [0.2, 0.25) is 0 Å². The van der Waals surface area contributed by atoms with Gasteiger partial charge in [-0.2, -0.15) is 0 Å². The maximum Gasteiger partial charge on any atom is 0.261 e. The van der Waals surface area contributed by atoms with Gasteiger partial charge < -0.3 is 14.8 Å². The van der Waals surface area contributed by atoms with Crippen LogP contribution in [0.5, 0.6) is 11.5 Å². The van der Waals surface area contributed by atoms with Gasteiger partial charge in [-0.3, -0.25) is 14.2 Å². The van der Waals surface area contributed by atoms with E-state index in [0.29, 0.717) is 24.6 Å². The zero-order valence-electron chi connectivity index (χ0n) is 19.9. The number of carbonyl (C=O) groups excluding carboxylic acids is 1. The van der Waals surface area contributed by atoms with E-state index in [1.807, 2.05) is 6.92 Å². The van der Waals surface area contributed by atoms with E-state index >= 15 is 0 Å². The molecule has 0 aliphatic heterocycles. The first kappa shape index (κ1) is 26.8. The van der Waals surface area contributed by atoms with E-state index in [1.54, 1.807) is 31.2 Å². The molecule has 0 aromatic heterocycles. The van der Waals surface area contributed by atoms with Crippen molar-refractivity contribution < 1.29 is 31.1 Å². The molecule has 3 aromatic rings. The zero-order chi connectivity index (χ0) is 26.3. The first-order valence-electron chi connectivity index (χ1n) is 10.9. The number of hydrogen-bond acceptors (Lipinski definition) is 7. The van der Waals surface area contributed by atoms with Gasteiger partial charge in [0.15, 0.2) is 0 Å². The van der Waals surface area contributed by atoms with E-state index in [9.17, 15) is 21.6 Å². The molecule has 192 valence electrons. The van der Waals surface area contributed by atoms with Crippen molar-refractivity contribution in [3.63, 3.8) is 0 Å². The molecule has 0 saturated carbocycles. The van der Waals surface area contributed by atoms with Crippen molar-refractivity contribution in [1.29, 1.82) is 0 Å². The third-order valence-electron chi connectivity index (χ3n) is 4.90. The molecular weight excluding hydrogens is 506 g/mol. The molecule has 0 spiro atoms. The molecule has 10 nitrogen and oxygen atoms in total. The quantitative estimate of drug-likeness (QED) is 0.343. The number of benzene rings is 3. The van der Waals surface area contributed by atoms with Crippen LogP contribution >= 0.6 is 0 Å².